The molecule has 22 heavy (non-hydrogen) atoms. The van der Waals surface area contributed by atoms with Gasteiger partial charge in [-0.1, -0.05) is 6.92 Å². The fourth-order valence-corrected chi connectivity index (χ4v) is 3.26. The Labute approximate surface area is 140 Å². The Bertz CT molecular complexity index is 498. The molecule has 1 heterocycles. The minimum atomic E-state index is -0.877. The van der Waals surface area contributed by atoms with Crippen LogP contribution in [-0.2, 0) is 4.79 Å². The molecular weight excluding hydrogens is 330 g/mol. The molecule has 3 nitrogen and oxygen atoms in total. The lowest BCUT2D eigenvalue weighted by molar-refractivity contribution is -0.130. The van der Waals surface area contributed by atoms with Gasteiger partial charge < -0.3 is 10.2 Å². The molecule has 1 aliphatic heterocycles. The molecule has 0 saturated carbocycles. The Kier molecular flexibility index (Phi) is 8.14. The lowest BCUT2D eigenvalue weighted by Crippen LogP contribution is -2.43. The maximum Gasteiger partial charge on any atom is 0.233 e. The molecule has 1 atom stereocenters. The molecule has 0 spiro atoms. The van der Waals surface area contributed by atoms with Crippen molar-refractivity contribution in [1.82, 2.24) is 10.2 Å². The first-order valence-electron chi connectivity index (χ1n) is 7.20. The van der Waals surface area contributed by atoms with E-state index in [1.54, 1.807) is 0 Å². The molecule has 1 amide bonds. The summed E-state index contributed by atoms with van der Waals surface area (Å²) in [5.74, 6) is -1.44. The van der Waals surface area contributed by atoms with E-state index in [0.29, 0.717) is 4.90 Å². The molecular formula is C15H21ClF2N2OS. The minimum Gasteiger partial charge on any atom is -0.338 e. The monoisotopic (exact) mass is 350 g/mol. The van der Waals surface area contributed by atoms with E-state index in [2.05, 4.69) is 5.32 Å². The summed E-state index contributed by atoms with van der Waals surface area (Å²) in [6, 6.07) is 3.97. The van der Waals surface area contributed by atoms with Crippen LogP contribution in [0.25, 0.3) is 0 Å². The molecule has 1 aromatic rings. The van der Waals surface area contributed by atoms with E-state index in [0.717, 1.165) is 44.6 Å². The number of thioether (sulfide) groups is 1. The van der Waals surface area contributed by atoms with Gasteiger partial charge in [-0.15, -0.1) is 24.2 Å². The van der Waals surface area contributed by atoms with E-state index in [9.17, 15) is 13.6 Å². The molecule has 1 fully saturated rings. The average Bonchev–Trinajstić information content (AvgIpc) is 2.99. The number of rotatable bonds is 6. The quantitative estimate of drug-likeness (QED) is 0.800. The van der Waals surface area contributed by atoms with Gasteiger partial charge in [-0.25, -0.2) is 8.78 Å². The van der Waals surface area contributed by atoms with E-state index >= 15 is 0 Å². The van der Waals surface area contributed by atoms with Crippen molar-refractivity contribution >= 4 is 30.1 Å². The average molecular weight is 351 g/mol. The minimum absolute atomic E-state index is 0. The normalized spacial score (nSPS) is 17.1. The number of hydrogen-bond acceptors (Lipinski definition) is 3. The fourth-order valence-electron chi connectivity index (χ4n) is 2.45. The van der Waals surface area contributed by atoms with Crippen LogP contribution in [0.1, 0.15) is 19.8 Å². The lowest BCUT2D eigenvalue weighted by atomic mass is 10.2. The zero-order valence-electron chi connectivity index (χ0n) is 12.5. The van der Waals surface area contributed by atoms with Gasteiger partial charge in [0.2, 0.25) is 5.91 Å². The van der Waals surface area contributed by atoms with Crippen LogP contribution in [0.4, 0.5) is 8.78 Å². The van der Waals surface area contributed by atoms with Crippen molar-refractivity contribution < 1.29 is 13.6 Å². The molecule has 1 aromatic carbocycles. The number of halogens is 3. The topological polar surface area (TPSA) is 32.3 Å². The summed E-state index contributed by atoms with van der Waals surface area (Å²) in [6.07, 6.45) is 1.89. The highest BCUT2D eigenvalue weighted by Crippen LogP contribution is 2.21. The fraction of sp³-hybridized carbons (Fsp3) is 0.533. The Morgan fingerprint density at radius 1 is 1.41 bits per heavy atom. The van der Waals surface area contributed by atoms with E-state index in [1.165, 1.54) is 17.8 Å². The van der Waals surface area contributed by atoms with Crippen LogP contribution in [0.2, 0.25) is 0 Å². The zero-order chi connectivity index (χ0) is 15.2. The van der Waals surface area contributed by atoms with Gasteiger partial charge in [0, 0.05) is 24.0 Å². The second-order valence-electron chi connectivity index (χ2n) is 5.10. The third-order valence-corrected chi connectivity index (χ3v) is 4.49. The first-order chi connectivity index (χ1) is 10.1. The van der Waals surface area contributed by atoms with E-state index in [1.807, 2.05) is 11.8 Å². The predicted molar refractivity (Wildman–Crippen MR) is 87.6 cm³/mol. The number of nitrogens with one attached hydrogen (secondary N) is 1. The number of nitrogens with zero attached hydrogens (tertiary/aromatic N) is 1. The highest BCUT2D eigenvalue weighted by Gasteiger charge is 2.25. The molecule has 124 valence electrons. The summed E-state index contributed by atoms with van der Waals surface area (Å²) in [6.45, 7) is 4.56. The maximum atomic E-state index is 13.1. The summed E-state index contributed by atoms with van der Waals surface area (Å²) in [5.41, 5.74) is 0. The van der Waals surface area contributed by atoms with Crippen LogP contribution in [-0.4, -0.2) is 42.2 Å². The van der Waals surface area contributed by atoms with Crippen LogP contribution in [0, 0.1) is 11.6 Å². The van der Waals surface area contributed by atoms with Crippen molar-refractivity contribution in [2.75, 3.05) is 25.4 Å². The first-order valence-corrected chi connectivity index (χ1v) is 8.18. The second-order valence-corrected chi connectivity index (χ2v) is 6.15. The maximum absolute atomic E-state index is 13.1. The molecule has 0 bridgehead atoms. The molecule has 2 rings (SSSR count). The standard InChI is InChI=1S/C15H20F2N2OS.ClH/c1-2-7-19(11-5-6-18-9-11)15(20)10-21-12-3-4-13(16)14(17)8-12;/h3-4,8,11,18H,2,5-7,9-10H2,1H3;1H. The summed E-state index contributed by atoms with van der Waals surface area (Å²) in [5, 5.41) is 3.26. The highest BCUT2D eigenvalue weighted by atomic mass is 35.5. The van der Waals surface area contributed by atoms with E-state index in [4.69, 9.17) is 0 Å². The number of hydrogen-bond donors (Lipinski definition) is 1. The van der Waals surface area contributed by atoms with Crippen molar-refractivity contribution in [1.29, 1.82) is 0 Å². The van der Waals surface area contributed by atoms with Gasteiger partial charge >= 0.3 is 0 Å². The van der Waals surface area contributed by atoms with Crippen molar-refractivity contribution in [2.45, 2.75) is 30.7 Å². The van der Waals surface area contributed by atoms with Crippen LogP contribution in [0.5, 0.6) is 0 Å². The Hall–Kier alpha value is -0.850. The molecule has 7 heteroatoms. The summed E-state index contributed by atoms with van der Waals surface area (Å²) >= 11 is 1.25. The van der Waals surface area contributed by atoms with Crippen molar-refractivity contribution in [2.24, 2.45) is 0 Å². The van der Waals surface area contributed by atoms with Gasteiger partial charge in [-0.3, -0.25) is 4.79 Å². The Balaban J connectivity index is 0.00000242. The summed E-state index contributed by atoms with van der Waals surface area (Å²) in [4.78, 5) is 14.8. The van der Waals surface area contributed by atoms with Crippen LogP contribution in [0.15, 0.2) is 23.1 Å². The third-order valence-electron chi connectivity index (χ3n) is 3.51. The number of benzene rings is 1. The third kappa shape index (κ3) is 5.11. The zero-order valence-corrected chi connectivity index (χ0v) is 14.1. The van der Waals surface area contributed by atoms with Crippen molar-refractivity contribution in [3.63, 3.8) is 0 Å². The van der Waals surface area contributed by atoms with Gasteiger partial charge in [-0.2, -0.15) is 0 Å². The van der Waals surface area contributed by atoms with Crippen LogP contribution >= 0.6 is 24.2 Å². The number of carbonyl (C=O) groups excluding carboxylic acids is 1. The molecule has 0 aromatic heterocycles. The SMILES string of the molecule is CCCN(C(=O)CSc1ccc(F)c(F)c1)C1CCNC1.Cl. The highest BCUT2D eigenvalue weighted by molar-refractivity contribution is 8.00. The first kappa shape index (κ1) is 19.2. The van der Waals surface area contributed by atoms with Gasteiger partial charge in [0.15, 0.2) is 11.6 Å². The largest absolute Gasteiger partial charge is 0.338 e. The van der Waals surface area contributed by atoms with Crippen molar-refractivity contribution in [3.05, 3.63) is 29.8 Å². The number of carbonyl (C=O) groups is 1. The van der Waals surface area contributed by atoms with Gasteiger partial charge in [0.05, 0.1) is 5.75 Å². The molecule has 0 radical (unpaired) electrons. The molecule has 1 unspecified atom stereocenters. The van der Waals surface area contributed by atoms with E-state index in [-0.39, 0.29) is 30.1 Å². The second kappa shape index (κ2) is 9.33. The van der Waals surface area contributed by atoms with Gasteiger partial charge in [0.25, 0.3) is 0 Å². The van der Waals surface area contributed by atoms with Gasteiger partial charge in [0.1, 0.15) is 0 Å². The Morgan fingerprint density at radius 2 is 2.18 bits per heavy atom. The number of amides is 1. The lowest BCUT2D eigenvalue weighted by Gasteiger charge is -2.28. The predicted octanol–water partition coefficient (Wildman–Crippen LogP) is 3.08. The van der Waals surface area contributed by atoms with E-state index < -0.39 is 11.6 Å². The molecule has 1 aliphatic rings. The van der Waals surface area contributed by atoms with Gasteiger partial charge in [-0.05, 0) is 37.6 Å². The van der Waals surface area contributed by atoms with Crippen LogP contribution in [0.3, 0.4) is 0 Å². The summed E-state index contributed by atoms with van der Waals surface area (Å²) < 4.78 is 26.0. The molecule has 0 aliphatic carbocycles. The van der Waals surface area contributed by atoms with Crippen LogP contribution < -0.4 is 5.32 Å². The summed E-state index contributed by atoms with van der Waals surface area (Å²) in [7, 11) is 0. The molecule has 1 N–H and O–H groups in total. The smallest absolute Gasteiger partial charge is 0.233 e. The Morgan fingerprint density at radius 3 is 2.77 bits per heavy atom. The van der Waals surface area contributed by atoms with Crippen molar-refractivity contribution in [3.8, 4) is 0 Å². The molecule has 1 saturated heterocycles.